The van der Waals surface area contributed by atoms with Crippen LogP contribution in [-0.4, -0.2) is 17.0 Å². The fourth-order valence-corrected chi connectivity index (χ4v) is 1.74. The zero-order chi connectivity index (χ0) is 15.7. The van der Waals surface area contributed by atoms with Gasteiger partial charge in [-0.2, -0.15) is 0 Å². The maximum Gasteiger partial charge on any atom is 0.335 e. The van der Waals surface area contributed by atoms with Gasteiger partial charge < -0.3 is 10.8 Å². The highest BCUT2D eigenvalue weighted by Gasteiger charge is 2.08. The van der Waals surface area contributed by atoms with Crippen LogP contribution in [0.5, 0.6) is 0 Å². The SMILES string of the molecule is CC(C)C(=CC(N)=O)C(C)C.O=C(O)c1ccccc1. The number of carbonyl (C=O) groups is 2. The first-order valence-electron chi connectivity index (χ1n) is 6.55. The van der Waals surface area contributed by atoms with Crippen LogP contribution in [0, 0.1) is 11.8 Å². The van der Waals surface area contributed by atoms with Crippen LogP contribution < -0.4 is 5.73 Å². The Bertz CT molecular complexity index is 452. The van der Waals surface area contributed by atoms with Gasteiger partial charge in [0.15, 0.2) is 0 Å². The second kappa shape index (κ2) is 8.91. The van der Waals surface area contributed by atoms with Gasteiger partial charge in [-0.15, -0.1) is 0 Å². The van der Waals surface area contributed by atoms with E-state index in [1.165, 1.54) is 6.08 Å². The van der Waals surface area contributed by atoms with Crippen molar-refractivity contribution in [2.45, 2.75) is 27.7 Å². The number of carboxylic acids is 1. The summed E-state index contributed by atoms with van der Waals surface area (Å²) in [6.07, 6.45) is 1.54. The van der Waals surface area contributed by atoms with Crippen LogP contribution in [-0.2, 0) is 4.79 Å². The summed E-state index contributed by atoms with van der Waals surface area (Å²) in [6, 6.07) is 8.30. The van der Waals surface area contributed by atoms with Gasteiger partial charge in [-0.25, -0.2) is 4.79 Å². The highest BCUT2D eigenvalue weighted by atomic mass is 16.4. The number of hydrogen-bond donors (Lipinski definition) is 2. The molecule has 0 aliphatic rings. The highest BCUT2D eigenvalue weighted by molar-refractivity contribution is 5.87. The van der Waals surface area contributed by atoms with Crippen LogP contribution in [0.25, 0.3) is 0 Å². The number of amides is 1. The van der Waals surface area contributed by atoms with E-state index in [1.54, 1.807) is 30.3 Å². The summed E-state index contributed by atoms with van der Waals surface area (Å²) in [7, 11) is 0. The van der Waals surface area contributed by atoms with Gasteiger partial charge in [0.1, 0.15) is 0 Å². The standard InChI is InChI=1S/C9H17NO.C7H6O2/c1-6(2)8(7(3)4)5-9(10)11;8-7(9)6-4-2-1-3-5-6/h5-7H,1-4H3,(H2,10,11);1-5H,(H,8,9). The number of rotatable bonds is 4. The van der Waals surface area contributed by atoms with E-state index >= 15 is 0 Å². The lowest BCUT2D eigenvalue weighted by molar-refractivity contribution is -0.113. The third-order valence-corrected chi connectivity index (χ3v) is 2.66. The van der Waals surface area contributed by atoms with E-state index in [0.29, 0.717) is 17.4 Å². The molecule has 110 valence electrons. The number of carboxylic acid groups (broad SMARTS) is 1. The first-order valence-corrected chi connectivity index (χ1v) is 6.55. The van der Waals surface area contributed by atoms with Gasteiger partial charge in [-0.05, 0) is 24.0 Å². The van der Waals surface area contributed by atoms with Crippen LogP contribution in [0.4, 0.5) is 0 Å². The molecular weight excluding hydrogens is 254 g/mol. The maximum atomic E-state index is 10.6. The third-order valence-electron chi connectivity index (χ3n) is 2.66. The van der Waals surface area contributed by atoms with Crippen LogP contribution in [0.3, 0.4) is 0 Å². The Kier molecular flexibility index (Phi) is 7.97. The van der Waals surface area contributed by atoms with Crippen molar-refractivity contribution >= 4 is 11.9 Å². The van der Waals surface area contributed by atoms with Gasteiger partial charge in [-0.1, -0.05) is 51.5 Å². The summed E-state index contributed by atoms with van der Waals surface area (Å²) >= 11 is 0. The second-order valence-electron chi connectivity index (χ2n) is 5.03. The van der Waals surface area contributed by atoms with Gasteiger partial charge in [0.2, 0.25) is 5.91 Å². The van der Waals surface area contributed by atoms with Crippen molar-refractivity contribution in [3.8, 4) is 0 Å². The van der Waals surface area contributed by atoms with E-state index < -0.39 is 5.97 Å². The number of aromatic carboxylic acids is 1. The van der Waals surface area contributed by atoms with Crippen LogP contribution >= 0.6 is 0 Å². The van der Waals surface area contributed by atoms with E-state index in [-0.39, 0.29) is 5.91 Å². The van der Waals surface area contributed by atoms with Crippen molar-refractivity contribution in [2.75, 3.05) is 0 Å². The molecule has 4 heteroatoms. The summed E-state index contributed by atoms with van der Waals surface area (Å²) in [5.41, 5.74) is 6.51. The summed E-state index contributed by atoms with van der Waals surface area (Å²) < 4.78 is 0. The molecule has 4 nitrogen and oxygen atoms in total. The largest absolute Gasteiger partial charge is 0.478 e. The van der Waals surface area contributed by atoms with E-state index in [4.69, 9.17) is 10.8 Å². The molecule has 0 unspecified atom stereocenters. The molecule has 1 aromatic carbocycles. The highest BCUT2D eigenvalue weighted by Crippen LogP contribution is 2.18. The minimum absolute atomic E-state index is 0.331. The van der Waals surface area contributed by atoms with Crippen molar-refractivity contribution in [1.82, 2.24) is 0 Å². The molecule has 0 spiro atoms. The predicted molar refractivity (Wildman–Crippen MR) is 80.4 cm³/mol. The molecule has 0 fully saturated rings. The molecule has 0 saturated carbocycles. The normalized spacial score (nSPS) is 9.70. The van der Waals surface area contributed by atoms with Crippen molar-refractivity contribution < 1.29 is 14.7 Å². The van der Waals surface area contributed by atoms with Gasteiger partial charge >= 0.3 is 5.97 Å². The average molecular weight is 277 g/mol. The fourth-order valence-electron chi connectivity index (χ4n) is 1.74. The number of benzene rings is 1. The number of carbonyl (C=O) groups excluding carboxylic acids is 1. The molecular formula is C16H23NO3. The molecule has 20 heavy (non-hydrogen) atoms. The Balaban J connectivity index is 0.000000367. The molecule has 1 aromatic rings. The van der Waals surface area contributed by atoms with Crippen LogP contribution in [0.1, 0.15) is 38.1 Å². The Hall–Kier alpha value is -2.10. The number of allylic oxidation sites excluding steroid dienone is 1. The Morgan fingerprint density at radius 1 is 1.05 bits per heavy atom. The topological polar surface area (TPSA) is 80.4 Å². The lowest BCUT2D eigenvalue weighted by Gasteiger charge is -2.14. The van der Waals surface area contributed by atoms with Gasteiger partial charge in [0.05, 0.1) is 5.56 Å². The first kappa shape index (κ1) is 17.9. The number of primary amides is 1. The van der Waals surface area contributed by atoms with Crippen molar-refractivity contribution in [3.05, 3.63) is 47.5 Å². The van der Waals surface area contributed by atoms with E-state index in [9.17, 15) is 9.59 Å². The minimum atomic E-state index is -0.879. The molecule has 0 atom stereocenters. The molecule has 0 aromatic heterocycles. The zero-order valence-electron chi connectivity index (χ0n) is 12.5. The molecule has 3 N–H and O–H groups in total. The molecule has 0 radical (unpaired) electrons. The monoisotopic (exact) mass is 277 g/mol. The molecule has 1 rings (SSSR count). The maximum absolute atomic E-state index is 10.6. The lowest BCUT2D eigenvalue weighted by atomic mass is 9.92. The molecule has 1 amide bonds. The molecule has 0 aliphatic heterocycles. The van der Waals surface area contributed by atoms with Crippen molar-refractivity contribution in [3.63, 3.8) is 0 Å². The summed E-state index contributed by atoms with van der Waals surface area (Å²) in [5.74, 6) is -0.414. The predicted octanol–water partition coefficient (Wildman–Crippen LogP) is 3.09. The zero-order valence-corrected chi connectivity index (χ0v) is 12.5. The molecule has 0 heterocycles. The smallest absolute Gasteiger partial charge is 0.335 e. The molecule has 0 aliphatic carbocycles. The quantitative estimate of drug-likeness (QED) is 0.830. The third kappa shape index (κ3) is 7.36. The average Bonchev–Trinajstić information content (AvgIpc) is 2.37. The van der Waals surface area contributed by atoms with E-state index in [1.807, 2.05) is 0 Å². The fraction of sp³-hybridized carbons (Fsp3) is 0.375. The molecule has 0 bridgehead atoms. The number of nitrogens with two attached hydrogens (primary N) is 1. The van der Waals surface area contributed by atoms with Crippen LogP contribution in [0.2, 0.25) is 0 Å². The van der Waals surface area contributed by atoms with Crippen LogP contribution in [0.15, 0.2) is 42.0 Å². The van der Waals surface area contributed by atoms with Crippen molar-refractivity contribution in [2.24, 2.45) is 17.6 Å². The Morgan fingerprint density at radius 3 is 1.70 bits per heavy atom. The molecule has 0 saturated heterocycles. The van der Waals surface area contributed by atoms with Gasteiger partial charge in [-0.3, -0.25) is 4.79 Å². The Labute approximate surface area is 120 Å². The van der Waals surface area contributed by atoms with Gasteiger partial charge in [0, 0.05) is 6.08 Å². The van der Waals surface area contributed by atoms with E-state index in [2.05, 4.69) is 27.7 Å². The van der Waals surface area contributed by atoms with E-state index in [0.717, 1.165) is 5.57 Å². The van der Waals surface area contributed by atoms with Gasteiger partial charge in [0.25, 0.3) is 0 Å². The number of hydrogen-bond acceptors (Lipinski definition) is 2. The summed E-state index contributed by atoms with van der Waals surface area (Å²) in [5, 5.41) is 8.38. The first-order chi connectivity index (χ1) is 9.25. The summed E-state index contributed by atoms with van der Waals surface area (Å²) in [6.45, 7) is 8.26. The minimum Gasteiger partial charge on any atom is -0.478 e. The summed E-state index contributed by atoms with van der Waals surface area (Å²) in [4.78, 5) is 20.8. The lowest BCUT2D eigenvalue weighted by Crippen LogP contribution is -2.11. The Morgan fingerprint density at radius 2 is 1.50 bits per heavy atom. The van der Waals surface area contributed by atoms with Crippen molar-refractivity contribution in [1.29, 1.82) is 0 Å². The second-order valence-corrected chi connectivity index (χ2v) is 5.03.